The summed E-state index contributed by atoms with van der Waals surface area (Å²) in [6.45, 7) is 8.02. The summed E-state index contributed by atoms with van der Waals surface area (Å²) in [7, 11) is -1.14. The molecule has 1 saturated heterocycles. The van der Waals surface area contributed by atoms with E-state index in [1.165, 1.54) is 19.1 Å². The highest BCUT2D eigenvalue weighted by Crippen LogP contribution is 2.23. The lowest BCUT2D eigenvalue weighted by Crippen LogP contribution is -2.41. The van der Waals surface area contributed by atoms with Crippen molar-refractivity contribution in [1.29, 1.82) is 0 Å². The van der Waals surface area contributed by atoms with Crippen LogP contribution >= 0.6 is 0 Å². The zero-order valence-corrected chi connectivity index (χ0v) is 15.2. The number of guanidine groups is 1. The van der Waals surface area contributed by atoms with Gasteiger partial charge in [0, 0.05) is 32.9 Å². The quantitative estimate of drug-likeness (QED) is 0.407. The molecule has 1 heterocycles. The summed E-state index contributed by atoms with van der Waals surface area (Å²) in [4.78, 5) is 6.62. The maximum atomic E-state index is 11.0. The highest BCUT2D eigenvalue weighted by atomic mass is 32.2. The third kappa shape index (κ3) is 7.98. The third-order valence-electron chi connectivity index (χ3n) is 3.73. The number of hydrogen-bond donors (Lipinski definition) is 1. The van der Waals surface area contributed by atoms with E-state index < -0.39 is 9.84 Å². The zero-order chi connectivity index (χ0) is 16.6. The largest absolute Gasteiger partial charge is 0.379 e. The summed E-state index contributed by atoms with van der Waals surface area (Å²) in [5.41, 5.74) is 0. The molecular formula is C15H31N3O3S. The van der Waals surface area contributed by atoms with E-state index in [1.54, 1.807) is 7.05 Å². The van der Waals surface area contributed by atoms with Crippen LogP contribution < -0.4 is 5.32 Å². The first-order valence-electron chi connectivity index (χ1n) is 8.03. The highest BCUT2D eigenvalue weighted by Gasteiger charge is 2.25. The normalized spacial score (nSPS) is 20.0. The van der Waals surface area contributed by atoms with Gasteiger partial charge in [0.25, 0.3) is 0 Å². The fraction of sp³-hybridized carbons (Fsp3) is 0.933. The molecule has 1 rings (SSSR count). The minimum absolute atomic E-state index is 0.0741. The molecule has 1 aliphatic heterocycles. The molecule has 0 radical (unpaired) electrons. The molecule has 22 heavy (non-hydrogen) atoms. The molecule has 0 aromatic rings. The van der Waals surface area contributed by atoms with Crippen molar-refractivity contribution in [2.24, 2.45) is 16.8 Å². The lowest BCUT2D eigenvalue weighted by molar-refractivity contribution is 0.153. The van der Waals surface area contributed by atoms with Gasteiger partial charge < -0.3 is 15.0 Å². The highest BCUT2D eigenvalue weighted by molar-refractivity contribution is 7.90. The standard InChI is InChI=1S/C15H31N3O3S/c1-13(2)11-14-5-7-18(12-14)15(16-3)17-6-8-21-9-10-22(4,19)20/h13-14H,5-12H2,1-4H3,(H,16,17). The van der Waals surface area contributed by atoms with Gasteiger partial charge in [-0.3, -0.25) is 4.99 Å². The van der Waals surface area contributed by atoms with Crippen molar-refractivity contribution in [3.05, 3.63) is 0 Å². The minimum atomic E-state index is -2.94. The predicted molar refractivity (Wildman–Crippen MR) is 91.0 cm³/mol. The Bertz CT molecular complexity index is 449. The first-order chi connectivity index (χ1) is 10.3. The van der Waals surface area contributed by atoms with Crippen molar-refractivity contribution in [3.8, 4) is 0 Å². The third-order valence-corrected chi connectivity index (χ3v) is 4.64. The molecule has 1 fully saturated rings. The Labute approximate surface area is 135 Å². The maximum Gasteiger partial charge on any atom is 0.193 e. The lowest BCUT2D eigenvalue weighted by atomic mass is 9.97. The van der Waals surface area contributed by atoms with Crippen LogP contribution in [-0.4, -0.2) is 71.2 Å². The van der Waals surface area contributed by atoms with Crippen molar-refractivity contribution in [2.75, 3.05) is 51.9 Å². The van der Waals surface area contributed by atoms with Crippen LogP contribution in [0, 0.1) is 11.8 Å². The number of sulfone groups is 1. The van der Waals surface area contributed by atoms with E-state index in [2.05, 4.69) is 29.1 Å². The Hall–Kier alpha value is -0.820. The Kier molecular flexibility index (Phi) is 8.17. The molecule has 0 spiro atoms. The average molecular weight is 333 g/mol. The molecule has 0 saturated carbocycles. The molecule has 0 aromatic carbocycles. The predicted octanol–water partition coefficient (Wildman–Crippen LogP) is 0.991. The molecule has 1 N–H and O–H groups in total. The fourth-order valence-corrected chi connectivity index (χ4v) is 3.18. The van der Waals surface area contributed by atoms with E-state index in [0.29, 0.717) is 13.2 Å². The van der Waals surface area contributed by atoms with Crippen LogP contribution in [0.2, 0.25) is 0 Å². The molecule has 6 nitrogen and oxygen atoms in total. The van der Waals surface area contributed by atoms with Crippen LogP contribution in [0.5, 0.6) is 0 Å². The molecule has 0 bridgehead atoms. The van der Waals surface area contributed by atoms with Crippen molar-refractivity contribution < 1.29 is 13.2 Å². The SMILES string of the molecule is CN=C(NCCOCCS(C)(=O)=O)N1CCC(CC(C)C)C1. The second-order valence-corrected chi connectivity index (χ2v) is 8.71. The summed E-state index contributed by atoms with van der Waals surface area (Å²) in [5, 5.41) is 3.28. The number of ether oxygens (including phenoxy) is 1. The van der Waals surface area contributed by atoms with Crippen molar-refractivity contribution in [3.63, 3.8) is 0 Å². The Morgan fingerprint density at radius 2 is 2.14 bits per heavy atom. The number of nitrogens with zero attached hydrogens (tertiary/aromatic N) is 2. The molecular weight excluding hydrogens is 302 g/mol. The van der Waals surface area contributed by atoms with E-state index in [0.717, 1.165) is 30.9 Å². The summed E-state index contributed by atoms with van der Waals surface area (Å²) in [6, 6.07) is 0. The number of aliphatic imine (C=N–C) groups is 1. The van der Waals surface area contributed by atoms with Crippen molar-refractivity contribution in [2.45, 2.75) is 26.7 Å². The van der Waals surface area contributed by atoms with Gasteiger partial charge >= 0.3 is 0 Å². The molecule has 0 amide bonds. The topological polar surface area (TPSA) is 71.0 Å². The van der Waals surface area contributed by atoms with Crippen LogP contribution in [0.25, 0.3) is 0 Å². The van der Waals surface area contributed by atoms with Gasteiger partial charge in [-0.1, -0.05) is 13.8 Å². The second-order valence-electron chi connectivity index (χ2n) is 6.45. The summed E-state index contributed by atoms with van der Waals surface area (Å²) < 4.78 is 27.3. The smallest absolute Gasteiger partial charge is 0.193 e. The van der Waals surface area contributed by atoms with Gasteiger partial charge in [-0.05, 0) is 24.7 Å². The summed E-state index contributed by atoms with van der Waals surface area (Å²) in [5.74, 6) is 2.48. The van der Waals surface area contributed by atoms with Crippen LogP contribution in [-0.2, 0) is 14.6 Å². The number of hydrogen-bond acceptors (Lipinski definition) is 4. The van der Waals surface area contributed by atoms with Gasteiger partial charge in [-0.2, -0.15) is 0 Å². The second kappa shape index (κ2) is 9.35. The minimum Gasteiger partial charge on any atom is -0.379 e. The van der Waals surface area contributed by atoms with Crippen LogP contribution in [0.1, 0.15) is 26.7 Å². The van der Waals surface area contributed by atoms with E-state index >= 15 is 0 Å². The average Bonchev–Trinajstić information content (AvgIpc) is 2.84. The van der Waals surface area contributed by atoms with Crippen LogP contribution in [0.3, 0.4) is 0 Å². The van der Waals surface area contributed by atoms with Gasteiger partial charge in [0.1, 0.15) is 9.84 Å². The van der Waals surface area contributed by atoms with Crippen LogP contribution in [0.4, 0.5) is 0 Å². The molecule has 0 aromatic heterocycles. The molecule has 7 heteroatoms. The first kappa shape index (κ1) is 19.2. The lowest BCUT2D eigenvalue weighted by Gasteiger charge is -2.22. The molecule has 1 atom stereocenters. The Balaban J connectivity index is 2.21. The molecule has 0 aliphatic carbocycles. The van der Waals surface area contributed by atoms with Gasteiger partial charge in [0.05, 0.1) is 19.0 Å². The van der Waals surface area contributed by atoms with E-state index in [4.69, 9.17) is 4.74 Å². The number of likely N-dealkylation sites (tertiary alicyclic amines) is 1. The molecule has 1 unspecified atom stereocenters. The molecule has 130 valence electrons. The monoisotopic (exact) mass is 333 g/mol. The number of nitrogens with one attached hydrogen (secondary N) is 1. The number of rotatable bonds is 8. The first-order valence-corrected chi connectivity index (χ1v) is 10.1. The fourth-order valence-electron chi connectivity index (χ4n) is 2.76. The van der Waals surface area contributed by atoms with Crippen molar-refractivity contribution >= 4 is 15.8 Å². The molecule has 1 aliphatic rings. The maximum absolute atomic E-state index is 11.0. The van der Waals surface area contributed by atoms with E-state index in [1.807, 2.05) is 0 Å². The summed E-state index contributed by atoms with van der Waals surface area (Å²) >= 11 is 0. The van der Waals surface area contributed by atoms with Crippen molar-refractivity contribution in [1.82, 2.24) is 10.2 Å². The van der Waals surface area contributed by atoms with Crippen LogP contribution in [0.15, 0.2) is 4.99 Å². The van der Waals surface area contributed by atoms with Gasteiger partial charge in [-0.15, -0.1) is 0 Å². The Morgan fingerprint density at radius 1 is 1.41 bits per heavy atom. The van der Waals surface area contributed by atoms with E-state index in [9.17, 15) is 8.42 Å². The van der Waals surface area contributed by atoms with E-state index in [-0.39, 0.29) is 12.4 Å². The van der Waals surface area contributed by atoms with Gasteiger partial charge in [-0.25, -0.2) is 8.42 Å². The van der Waals surface area contributed by atoms with Gasteiger partial charge in [0.2, 0.25) is 0 Å². The zero-order valence-electron chi connectivity index (χ0n) is 14.3. The Morgan fingerprint density at radius 3 is 2.73 bits per heavy atom. The van der Waals surface area contributed by atoms with Gasteiger partial charge in [0.15, 0.2) is 5.96 Å². The summed E-state index contributed by atoms with van der Waals surface area (Å²) in [6.07, 6.45) is 3.71.